The predicted octanol–water partition coefficient (Wildman–Crippen LogP) is 11.9. The highest BCUT2D eigenvalue weighted by molar-refractivity contribution is 7.45. The largest absolute Gasteiger partial charge is 0.756 e. The third-order valence-corrected chi connectivity index (χ3v) is 10.9. The average molecular weight is 873 g/mol. The van der Waals surface area contributed by atoms with Crippen molar-refractivity contribution in [3.63, 3.8) is 0 Å². The van der Waals surface area contributed by atoms with E-state index >= 15 is 0 Å². The molecule has 0 aliphatic carbocycles. The molecule has 0 saturated carbocycles. The zero-order valence-corrected chi connectivity index (χ0v) is 40.1. The molecule has 350 valence electrons. The van der Waals surface area contributed by atoms with Crippen LogP contribution in [0.3, 0.4) is 0 Å². The topological polar surface area (TPSA) is 128 Å². The molecule has 0 heterocycles. The van der Waals surface area contributed by atoms with Crippen LogP contribution in [-0.2, 0) is 18.4 Å². The summed E-state index contributed by atoms with van der Waals surface area (Å²) in [4.78, 5) is 25.4. The van der Waals surface area contributed by atoms with Gasteiger partial charge in [-0.1, -0.05) is 149 Å². The number of rotatable bonds is 41. The molecule has 0 aromatic heterocycles. The van der Waals surface area contributed by atoms with Crippen LogP contribution in [-0.4, -0.2) is 79.8 Å². The minimum atomic E-state index is -4.69. The van der Waals surface area contributed by atoms with Gasteiger partial charge in [-0.05, 0) is 103 Å². The monoisotopic (exact) mass is 873 g/mol. The Labute approximate surface area is 373 Å². The van der Waals surface area contributed by atoms with Crippen LogP contribution in [0.5, 0.6) is 0 Å². The van der Waals surface area contributed by atoms with Crippen molar-refractivity contribution < 1.29 is 38.0 Å². The van der Waals surface area contributed by atoms with Gasteiger partial charge in [0, 0.05) is 6.42 Å². The Balaban J connectivity index is 4.42. The highest BCUT2D eigenvalue weighted by Gasteiger charge is 2.29. The van der Waals surface area contributed by atoms with Crippen molar-refractivity contribution in [3.05, 3.63) is 97.2 Å². The summed E-state index contributed by atoms with van der Waals surface area (Å²) in [6.45, 7) is 4.05. The summed E-state index contributed by atoms with van der Waals surface area (Å²) in [5.74, 6) is -0.308. The Hall–Kier alpha value is -2.62. The van der Waals surface area contributed by atoms with Crippen molar-refractivity contribution in [2.24, 2.45) is 0 Å². The van der Waals surface area contributed by atoms with Crippen LogP contribution in [0, 0.1) is 0 Å². The number of carbonyl (C=O) groups excluding carboxylic acids is 1. The van der Waals surface area contributed by atoms with Crippen LogP contribution in [0.4, 0.5) is 0 Å². The number of nitrogens with zero attached hydrogens (tertiary/aromatic N) is 1. The highest BCUT2D eigenvalue weighted by Crippen LogP contribution is 2.38. The molecule has 0 aromatic rings. The zero-order valence-electron chi connectivity index (χ0n) is 39.2. The quantitative estimate of drug-likeness (QED) is 0.0241. The van der Waals surface area contributed by atoms with Crippen molar-refractivity contribution >= 4 is 13.7 Å². The maximum Gasteiger partial charge on any atom is 0.268 e. The van der Waals surface area contributed by atoms with Crippen molar-refractivity contribution in [3.8, 4) is 0 Å². The van der Waals surface area contributed by atoms with Gasteiger partial charge in [0.05, 0.1) is 39.9 Å². The Morgan fingerprint density at radius 2 is 1.07 bits per heavy atom. The second-order valence-corrected chi connectivity index (χ2v) is 18.3. The zero-order chi connectivity index (χ0) is 45.1. The summed E-state index contributed by atoms with van der Waals surface area (Å²) in [6.07, 6.45) is 54.7. The van der Waals surface area contributed by atoms with Gasteiger partial charge in [-0.25, -0.2) is 0 Å². The Morgan fingerprint density at radius 3 is 1.59 bits per heavy atom. The molecule has 0 fully saturated rings. The van der Waals surface area contributed by atoms with E-state index in [4.69, 9.17) is 9.05 Å². The number of likely N-dealkylation sites (N-methyl/N-ethyl adjacent to an activating group) is 1. The molecule has 0 spiro atoms. The first-order chi connectivity index (χ1) is 29.4. The van der Waals surface area contributed by atoms with Crippen molar-refractivity contribution in [1.29, 1.82) is 0 Å². The molecule has 4 unspecified atom stereocenters. The number of aliphatic hydroxyl groups is 2. The first kappa shape index (κ1) is 58.4. The molecule has 0 aliphatic rings. The van der Waals surface area contributed by atoms with Crippen LogP contribution in [0.2, 0.25) is 0 Å². The van der Waals surface area contributed by atoms with Gasteiger partial charge in [-0.2, -0.15) is 0 Å². The second kappa shape index (κ2) is 41.4. The van der Waals surface area contributed by atoms with Crippen LogP contribution >= 0.6 is 7.82 Å². The number of unbranched alkanes of at least 4 members (excludes halogenated alkanes) is 12. The van der Waals surface area contributed by atoms with E-state index in [1.807, 2.05) is 28.1 Å². The molecular weight excluding hydrogens is 784 g/mol. The van der Waals surface area contributed by atoms with Crippen LogP contribution in [0.25, 0.3) is 0 Å². The second-order valence-electron chi connectivity index (χ2n) is 16.8. The molecule has 0 aliphatic heterocycles. The highest BCUT2D eigenvalue weighted by atomic mass is 31.2. The van der Waals surface area contributed by atoms with E-state index in [0.29, 0.717) is 30.3 Å². The Kier molecular flexibility index (Phi) is 39.6. The molecule has 0 rings (SSSR count). The molecule has 61 heavy (non-hydrogen) atoms. The van der Waals surface area contributed by atoms with E-state index < -0.39 is 32.7 Å². The third-order valence-electron chi connectivity index (χ3n) is 9.95. The lowest BCUT2D eigenvalue weighted by Gasteiger charge is -2.31. The lowest BCUT2D eigenvalue weighted by atomic mass is 10.0. The first-order valence-corrected chi connectivity index (χ1v) is 25.1. The lowest BCUT2D eigenvalue weighted by molar-refractivity contribution is -0.870. The van der Waals surface area contributed by atoms with Gasteiger partial charge in [0.15, 0.2) is 0 Å². The number of phosphoric ester groups is 1. The number of hydrogen-bond acceptors (Lipinski definition) is 7. The summed E-state index contributed by atoms with van der Waals surface area (Å²) in [5, 5.41) is 24.6. The Morgan fingerprint density at radius 1 is 0.623 bits per heavy atom. The van der Waals surface area contributed by atoms with Crippen LogP contribution < -0.4 is 10.2 Å². The van der Waals surface area contributed by atoms with E-state index in [-0.39, 0.29) is 18.9 Å². The SMILES string of the molecule is C/C=C/CC/C=C/CC/C=C/CCCC(O)C(O)C(COP(=O)([O-])OCC[N+](C)(C)C)NC(=O)CCCCCCCCCCC/C=C\C/C=C\C/C=C\C/C=C\C/C=C\CC. The number of nitrogens with one attached hydrogen (secondary N) is 1. The molecule has 3 N–H and O–H groups in total. The van der Waals surface area contributed by atoms with E-state index in [0.717, 1.165) is 89.9 Å². The van der Waals surface area contributed by atoms with Gasteiger partial charge < -0.3 is 34.0 Å². The van der Waals surface area contributed by atoms with Crippen molar-refractivity contribution in [2.75, 3.05) is 40.9 Å². The van der Waals surface area contributed by atoms with Gasteiger partial charge in [0.2, 0.25) is 5.91 Å². The maximum atomic E-state index is 12.9. The number of phosphoric acid groups is 1. The van der Waals surface area contributed by atoms with Crippen LogP contribution in [0.1, 0.15) is 162 Å². The summed E-state index contributed by atoms with van der Waals surface area (Å²) in [7, 11) is 1.07. The number of hydrogen-bond donors (Lipinski definition) is 3. The number of amides is 1. The molecule has 0 saturated heterocycles. The fourth-order valence-corrected chi connectivity index (χ4v) is 6.92. The van der Waals surface area contributed by atoms with E-state index in [2.05, 4.69) is 109 Å². The number of carbonyl (C=O) groups is 1. The molecule has 0 aromatic carbocycles. The number of aliphatic hydroxyl groups excluding tert-OH is 2. The van der Waals surface area contributed by atoms with Gasteiger partial charge in [-0.15, -0.1) is 0 Å². The van der Waals surface area contributed by atoms with Crippen LogP contribution in [0.15, 0.2) is 97.2 Å². The molecular formula is C51H89N2O7P. The summed E-state index contributed by atoms with van der Waals surface area (Å²) in [6, 6.07) is -1.11. The lowest BCUT2D eigenvalue weighted by Crippen LogP contribution is -2.51. The Bertz CT molecular complexity index is 1330. The normalized spacial score (nSPS) is 15.6. The number of quaternary nitrogens is 1. The standard InChI is InChI=1S/C51H89N2O7P/c1-6-8-10-12-14-16-18-20-21-22-23-24-25-26-27-28-29-30-31-32-34-36-38-40-42-44-50(55)52-48(47-60-61(57,58)59-46-45-53(3,4)5)51(56)49(54)43-41-39-37-35-33-19-17-15-13-11-9-7-2/h7-10,14-17,20-21,23-24,26-27,35,37,48-49,51,54,56H,6,11-13,18-19,22,25,28-34,36,38-47H2,1-5H3,(H-,52,55,57,58)/b9-7+,10-8-,16-14-,17-15+,21-20-,24-23-,27-26-,37-35+. The third kappa shape index (κ3) is 42.5. The van der Waals surface area contributed by atoms with E-state index in [1.165, 1.54) is 32.1 Å². The first-order valence-electron chi connectivity index (χ1n) is 23.6. The average Bonchev–Trinajstić information content (AvgIpc) is 3.21. The fraction of sp³-hybridized carbons (Fsp3) is 0.667. The molecule has 4 atom stereocenters. The molecule has 0 radical (unpaired) electrons. The van der Waals surface area contributed by atoms with E-state index in [1.54, 1.807) is 0 Å². The van der Waals surface area contributed by atoms with Gasteiger partial charge in [0.25, 0.3) is 7.82 Å². The smallest absolute Gasteiger partial charge is 0.268 e. The fourth-order valence-electron chi connectivity index (χ4n) is 6.20. The van der Waals surface area contributed by atoms with Crippen molar-refractivity contribution in [2.45, 2.75) is 180 Å². The molecule has 1 amide bonds. The maximum absolute atomic E-state index is 12.9. The summed E-state index contributed by atoms with van der Waals surface area (Å²) in [5.41, 5.74) is 0. The summed E-state index contributed by atoms with van der Waals surface area (Å²) >= 11 is 0. The van der Waals surface area contributed by atoms with Gasteiger partial charge >= 0.3 is 0 Å². The van der Waals surface area contributed by atoms with Gasteiger partial charge in [0.1, 0.15) is 19.3 Å². The summed E-state index contributed by atoms with van der Waals surface area (Å²) < 4.78 is 23.1. The molecule has 10 heteroatoms. The molecule has 0 bridgehead atoms. The predicted molar refractivity (Wildman–Crippen MR) is 257 cm³/mol. The van der Waals surface area contributed by atoms with E-state index in [9.17, 15) is 24.5 Å². The minimum Gasteiger partial charge on any atom is -0.756 e. The van der Waals surface area contributed by atoms with Gasteiger partial charge in [-0.3, -0.25) is 9.36 Å². The van der Waals surface area contributed by atoms with Crippen molar-refractivity contribution in [1.82, 2.24) is 5.32 Å². The number of allylic oxidation sites excluding steroid dienone is 16. The minimum absolute atomic E-state index is 0.0569. The molecule has 9 nitrogen and oxygen atoms in total.